The topological polar surface area (TPSA) is 57.0 Å². The van der Waals surface area contributed by atoms with E-state index >= 15 is 0 Å². The smallest absolute Gasteiger partial charge is 0.156 e. The predicted octanol–water partition coefficient (Wildman–Crippen LogP) is 2.29. The Morgan fingerprint density at radius 1 is 1.35 bits per heavy atom. The molecule has 3 rings (SSSR count). The van der Waals surface area contributed by atoms with Crippen LogP contribution >= 0.6 is 0 Å². The molecule has 4 nitrogen and oxygen atoms in total. The van der Waals surface area contributed by atoms with Crippen LogP contribution in [0.15, 0.2) is 40.9 Å². The van der Waals surface area contributed by atoms with Gasteiger partial charge in [0.15, 0.2) is 5.76 Å². The molecule has 0 amide bonds. The zero-order chi connectivity index (χ0) is 11.8. The van der Waals surface area contributed by atoms with Crippen molar-refractivity contribution in [2.45, 2.75) is 6.54 Å². The van der Waals surface area contributed by atoms with Gasteiger partial charge in [-0.25, -0.2) is 0 Å². The third-order valence-electron chi connectivity index (χ3n) is 2.78. The van der Waals surface area contributed by atoms with E-state index in [9.17, 15) is 0 Å². The number of aromatic nitrogens is 2. The maximum atomic E-state index is 5.78. The number of nitrogens with zero attached hydrogens (tertiary/aromatic N) is 2. The fraction of sp³-hybridized carbons (Fsp3) is 0.154. The number of benzene rings is 1. The molecule has 0 saturated heterocycles. The zero-order valence-electron chi connectivity index (χ0n) is 9.55. The molecule has 0 unspecified atom stereocenters. The average molecular weight is 227 g/mol. The van der Waals surface area contributed by atoms with Gasteiger partial charge in [-0.05, 0) is 12.1 Å². The molecule has 0 aliphatic heterocycles. The van der Waals surface area contributed by atoms with E-state index in [0.717, 1.165) is 28.0 Å². The van der Waals surface area contributed by atoms with Crippen molar-refractivity contribution < 1.29 is 4.42 Å². The molecule has 0 atom stereocenters. The Morgan fingerprint density at radius 3 is 2.94 bits per heavy atom. The van der Waals surface area contributed by atoms with Gasteiger partial charge in [-0.1, -0.05) is 18.2 Å². The highest BCUT2D eigenvalue weighted by Crippen LogP contribution is 2.28. The molecule has 2 N–H and O–H groups in total. The first-order valence-electron chi connectivity index (χ1n) is 5.49. The van der Waals surface area contributed by atoms with E-state index in [1.54, 1.807) is 4.68 Å². The molecule has 1 aromatic carbocycles. The minimum atomic E-state index is 0.459. The minimum absolute atomic E-state index is 0.459. The van der Waals surface area contributed by atoms with Gasteiger partial charge in [0, 0.05) is 30.7 Å². The summed E-state index contributed by atoms with van der Waals surface area (Å²) in [7, 11) is 1.88. The molecule has 0 saturated carbocycles. The van der Waals surface area contributed by atoms with Crippen LogP contribution in [-0.2, 0) is 13.6 Å². The third-order valence-corrected chi connectivity index (χ3v) is 2.78. The van der Waals surface area contributed by atoms with Crippen molar-refractivity contribution in [1.82, 2.24) is 9.78 Å². The van der Waals surface area contributed by atoms with Gasteiger partial charge >= 0.3 is 0 Å². The Balaban J connectivity index is 2.19. The summed E-state index contributed by atoms with van der Waals surface area (Å²) in [5, 5.41) is 5.47. The number of hydrogen-bond acceptors (Lipinski definition) is 3. The van der Waals surface area contributed by atoms with Gasteiger partial charge in [0.2, 0.25) is 0 Å². The van der Waals surface area contributed by atoms with Crippen LogP contribution in [0.1, 0.15) is 5.56 Å². The molecule has 17 heavy (non-hydrogen) atoms. The zero-order valence-corrected chi connectivity index (χ0v) is 9.55. The lowest BCUT2D eigenvalue weighted by Crippen LogP contribution is -1.95. The summed E-state index contributed by atoms with van der Waals surface area (Å²) in [5.41, 5.74) is 8.39. The SMILES string of the molecule is Cn1cc(CN)c(-c2cc3ccccc3o2)n1. The monoisotopic (exact) mass is 227 g/mol. The first kappa shape index (κ1) is 10.1. The largest absolute Gasteiger partial charge is 0.454 e. The molecule has 0 fully saturated rings. The van der Waals surface area contributed by atoms with Crippen molar-refractivity contribution in [3.8, 4) is 11.5 Å². The van der Waals surface area contributed by atoms with Gasteiger partial charge in [-0.2, -0.15) is 5.10 Å². The first-order valence-corrected chi connectivity index (χ1v) is 5.49. The maximum Gasteiger partial charge on any atom is 0.156 e. The molecule has 0 spiro atoms. The Bertz CT molecular complexity index is 633. The highest BCUT2D eigenvalue weighted by atomic mass is 16.3. The fourth-order valence-electron chi connectivity index (χ4n) is 1.99. The quantitative estimate of drug-likeness (QED) is 0.730. The second kappa shape index (κ2) is 3.75. The second-order valence-electron chi connectivity index (χ2n) is 4.03. The van der Waals surface area contributed by atoms with Crippen LogP contribution in [0.3, 0.4) is 0 Å². The van der Waals surface area contributed by atoms with Crippen LogP contribution in [0.25, 0.3) is 22.4 Å². The number of para-hydroxylation sites is 1. The van der Waals surface area contributed by atoms with Gasteiger partial charge in [0.1, 0.15) is 11.3 Å². The number of nitrogens with two attached hydrogens (primary N) is 1. The van der Waals surface area contributed by atoms with Crippen molar-refractivity contribution in [3.05, 3.63) is 42.1 Å². The van der Waals surface area contributed by atoms with Crippen molar-refractivity contribution in [1.29, 1.82) is 0 Å². The lowest BCUT2D eigenvalue weighted by molar-refractivity contribution is 0.624. The number of furan rings is 1. The van der Waals surface area contributed by atoms with Crippen molar-refractivity contribution in [2.75, 3.05) is 0 Å². The fourth-order valence-corrected chi connectivity index (χ4v) is 1.99. The van der Waals surface area contributed by atoms with Crippen molar-refractivity contribution in [2.24, 2.45) is 12.8 Å². The van der Waals surface area contributed by atoms with Gasteiger partial charge in [0.05, 0.1) is 0 Å². The van der Waals surface area contributed by atoms with Crippen molar-refractivity contribution in [3.63, 3.8) is 0 Å². The van der Waals surface area contributed by atoms with Crippen LogP contribution in [0.5, 0.6) is 0 Å². The van der Waals surface area contributed by atoms with Gasteiger partial charge in [-0.3, -0.25) is 4.68 Å². The van der Waals surface area contributed by atoms with E-state index in [-0.39, 0.29) is 0 Å². The minimum Gasteiger partial charge on any atom is -0.454 e. The maximum absolute atomic E-state index is 5.78. The standard InChI is InChI=1S/C13H13N3O/c1-16-8-10(7-14)13(15-16)12-6-9-4-2-3-5-11(9)17-12/h2-6,8H,7,14H2,1H3. The number of rotatable bonds is 2. The summed E-state index contributed by atoms with van der Waals surface area (Å²) >= 11 is 0. The lowest BCUT2D eigenvalue weighted by Gasteiger charge is -1.93. The molecule has 3 aromatic rings. The van der Waals surface area contributed by atoms with Gasteiger partial charge in [0.25, 0.3) is 0 Å². The summed E-state index contributed by atoms with van der Waals surface area (Å²) in [6.45, 7) is 0.459. The molecule has 4 heteroatoms. The summed E-state index contributed by atoms with van der Waals surface area (Å²) < 4.78 is 7.53. The summed E-state index contributed by atoms with van der Waals surface area (Å²) in [6.07, 6.45) is 1.92. The highest BCUT2D eigenvalue weighted by molar-refractivity contribution is 5.82. The Kier molecular flexibility index (Phi) is 2.23. The molecular weight excluding hydrogens is 214 g/mol. The molecule has 0 bridgehead atoms. The molecular formula is C13H13N3O. The number of hydrogen-bond donors (Lipinski definition) is 1. The summed E-state index contributed by atoms with van der Waals surface area (Å²) in [5.74, 6) is 0.771. The molecule has 0 radical (unpaired) electrons. The Labute approximate surface area is 98.6 Å². The number of fused-ring (bicyclic) bond motifs is 1. The van der Waals surface area contributed by atoms with Gasteiger partial charge in [-0.15, -0.1) is 0 Å². The van der Waals surface area contributed by atoms with E-state index in [2.05, 4.69) is 5.10 Å². The second-order valence-corrected chi connectivity index (χ2v) is 4.03. The molecule has 0 aliphatic carbocycles. The Hall–Kier alpha value is -2.07. The van der Waals surface area contributed by atoms with Crippen LogP contribution in [0.2, 0.25) is 0 Å². The molecule has 2 aromatic heterocycles. The van der Waals surface area contributed by atoms with E-state index < -0.39 is 0 Å². The van der Waals surface area contributed by atoms with Crippen LogP contribution in [0, 0.1) is 0 Å². The van der Waals surface area contributed by atoms with Crippen LogP contribution in [-0.4, -0.2) is 9.78 Å². The third kappa shape index (κ3) is 1.62. The number of aryl methyl sites for hydroxylation is 1. The van der Waals surface area contributed by atoms with E-state index in [4.69, 9.17) is 10.2 Å². The van der Waals surface area contributed by atoms with Crippen LogP contribution in [0.4, 0.5) is 0 Å². The van der Waals surface area contributed by atoms with E-state index in [0.29, 0.717) is 6.54 Å². The van der Waals surface area contributed by atoms with Gasteiger partial charge < -0.3 is 10.2 Å². The van der Waals surface area contributed by atoms with E-state index in [1.165, 1.54) is 0 Å². The predicted molar refractivity (Wildman–Crippen MR) is 66.3 cm³/mol. The molecule has 2 heterocycles. The highest BCUT2D eigenvalue weighted by Gasteiger charge is 2.13. The summed E-state index contributed by atoms with van der Waals surface area (Å²) in [6, 6.07) is 9.91. The molecule has 86 valence electrons. The van der Waals surface area contributed by atoms with Crippen LogP contribution < -0.4 is 5.73 Å². The summed E-state index contributed by atoms with van der Waals surface area (Å²) in [4.78, 5) is 0. The average Bonchev–Trinajstić information content (AvgIpc) is 2.91. The lowest BCUT2D eigenvalue weighted by atomic mass is 10.2. The van der Waals surface area contributed by atoms with Crippen molar-refractivity contribution >= 4 is 11.0 Å². The van der Waals surface area contributed by atoms with E-state index in [1.807, 2.05) is 43.6 Å². The first-order chi connectivity index (χ1) is 8.28. The Morgan fingerprint density at radius 2 is 2.18 bits per heavy atom. The normalized spacial score (nSPS) is 11.2. The molecule has 0 aliphatic rings.